The van der Waals surface area contributed by atoms with Gasteiger partial charge in [-0.3, -0.25) is 0 Å². The summed E-state index contributed by atoms with van der Waals surface area (Å²) in [5, 5.41) is 9.85. The Kier molecular flexibility index (Phi) is 3.97. The van der Waals surface area contributed by atoms with Gasteiger partial charge in [0.15, 0.2) is 0 Å². The fourth-order valence-electron chi connectivity index (χ4n) is 2.34. The highest BCUT2D eigenvalue weighted by Crippen LogP contribution is 2.29. The molecule has 1 fully saturated rings. The van der Waals surface area contributed by atoms with Crippen molar-refractivity contribution in [1.82, 2.24) is 0 Å². The van der Waals surface area contributed by atoms with Gasteiger partial charge in [0.05, 0.1) is 6.10 Å². The molecule has 1 aliphatic rings. The molecule has 4 heteroatoms. The van der Waals surface area contributed by atoms with E-state index in [2.05, 4.69) is 4.90 Å². The molecule has 0 saturated carbocycles. The van der Waals surface area contributed by atoms with Gasteiger partial charge < -0.3 is 15.7 Å². The lowest BCUT2D eigenvalue weighted by Crippen LogP contribution is -2.31. The van der Waals surface area contributed by atoms with Gasteiger partial charge in [-0.2, -0.15) is 0 Å². The molecule has 1 aromatic rings. The normalized spacial score (nSPS) is 18.2. The van der Waals surface area contributed by atoms with Crippen LogP contribution in [0.4, 0.5) is 10.1 Å². The molecule has 1 atom stereocenters. The van der Waals surface area contributed by atoms with Crippen molar-refractivity contribution in [2.75, 3.05) is 24.5 Å². The standard InChI is InChI=1S/C13H19FN2O/c14-10-4-5-12(11(8-10)13(17)9-15)16-6-2-1-3-7-16/h4-5,8,13,17H,1-3,6-7,9,15H2. The van der Waals surface area contributed by atoms with Crippen molar-refractivity contribution in [3.05, 3.63) is 29.6 Å². The molecule has 1 unspecified atom stereocenters. The molecule has 0 aliphatic carbocycles. The third-order valence-corrected chi connectivity index (χ3v) is 3.27. The third kappa shape index (κ3) is 2.76. The lowest BCUT2D eigenvalue weighted by molar-refractivity contribution is 0.186. The minimum atomic E-state index is -0.789. The quantitative estimate of drug-likeness (QED) is 0.844. The number of hydrogen-bond acceptors (Lipinski definition) is 3. The van der Waals surface area contributed by atoms with E-state index in [0.29, 0.717) is 5.56 Å². The van der Waals surface area contributed by atoms with E-state index in [0.717, 1.165) is 31.6 Å². The number of aliphatic hydroxyl groups is 1. The summed E-state index contributed by atoms with van der Waals surface area (Å²) < 4.78 is 13.2. The predicted molar refractivity (Wildman–Crippen MR) is 66.5 cm³/mol. The van der Waals surface area contributed by atoms with Crippen molar-refractivity contribution < 1.29 is 9.50 Å². The van der Waals surface area contributed by atoms with Crippen molar-refractivity contribution in [1.29, 1.82) is 0 Å². The number of nitrogens with two attached hydrogens (primary N) is 1. The molecule has 0 spiro atoms. The first kappa shape index (κ1) is 12.3. The number of halogens is 1. The first-order valence-electron chi connectivity index (χ1n) is 6.15. The highest BCUT2D eigenvalue weighted by molar-refractivity contribution is 5.55. The van der Waals surface area contributed by atoms with Crippen LogP contribution >= 0.6 is 0 Å². The lowest BCUT2D eigenvalue weighted by Gasteiger charge is -2.31. The molecule has 1 aliphatic heterocycles. The van der Waals surface area contributed by atoms with Gasteiger partial charge in [-0.15, -0.1) is 0 Å². The van der Waals surface area contributed by atoms with E-state index >= 15 is 0 Å². The van der Waals surface area contributed by atoms with Gasteiger partial charge in [-0.05, 0) is 37.5 Å². The summed E-state index contributed by atoms with van der Waals surface area (Å²) in [6.07, 6.45) is 2.75. The number of aliphatic hydroxyl groups excluding tert-OH is 1. The van der Waals surface area contributed by atoms with E-state index in [1.165, 1.54) is 18.6 Å². The van der Waals surface area contributed by atoms with Crippen molar-refractivity contribution in [2.45, 2.75) is 25.4 Å². The Hall–Kier alpha value is -1.13. The van der Waals surface area contributed by atoms with E-state index in [1.54, 1.807) is 6.07 Å². The molecule has 1 heterocycles. The molecular formula is C13H19FN2O. The first-order valence-corrected chi connectivity index (χ1v) is 6.15. The zero-order valence-electron chi connectivity index (χ0n) is 9.90. The molecule has 0 bridgehead atoms. The Bertz CT molecular complexity index is 378. The second kappa shape index (κ2) is 5.47. The third-order valence-electron chi connectivity index (χ3n) is 3.27. The SMILES string of the molecule is NCC(O)c1cc(F)ccc1N1CCCCC1. The van der Waals surface area contributed by atoms with Crippen LogP contribution in [-0.2, 0) is 0 Å². The maximum absolute atomic E-state index is 13.2. The molecule has 1 saturated heterocycles. The predicted octanol–water partition coefficient (Wildman–Crippen LogP) is 1.81. The first-order chi connectivity index (χ1) is 8.22. The minimum Gasteiger partial charge on any atom is -0.387 e. The average Bonchev–Trinajstić information content (AvgIpc) is 2.38. The van der Waals surface area contributed by atoms with Crippen molar-refractivity contribution in [3.8, 4) is 0 Å². The van der Waals surface area contributed by atoms with Crippen LogP contribution in [0.2, 0.25) is 0 Å². The second-order valence-electron chi connectivity index (χ2n) is 4.50. The number of rotatable bonds is 3. The molecule has 2 rings (SSSR count). The fourth-order valence-corrected chi connectivity index (χ4v) is 2.34. The van der Waals surface area contributed by atoms with Crippen LogP contribution < -0.4 is 10.6 Å². The number of anilines is 1. The summed E-state index contributed by atoms with van der Waals surface area (Å²) in [5.41, 5.74) is 6.99. The molecule has 1 aromatic carbocycles. The molecule has 94 valence electrons. The van der Waals surface area contributed by atoms with Gasteiger partial charge in [0.1, 0.15) is 5.82 Å². The summed E-state index contributed by atoms with van der Waals surface area (Å²) in [6.45, 7) is 2.05. The Morgan fingerprint density at radius 2 is 2.00 bits per heavy atom. The molecule has 17 heavy (non-hydrogen) atoms. The number of piperidine rings is 1. The Morgan fingerprint density at radius 3 is 2.65 bits per heavy atom. The smallest absolute Gasteiger partial charge is 0.123 e. The molecule has 0 radical (unpaired) electrons. The van der Waals surface area contributed by atoms with Crippen LogP contribution in [0, 0.1) is 5.82 Å². The molecule has 3 nitrogen and oxygen atoms in total. The Labute approximate surface area is 101 Å². The topological polar surface area (TPSA) is 49.5 Å². The highest BCUT2D eigenvalue weighted by atomic mass is 19.1. The summed E-state index contributed by atoms with van der Waals surface area (Å²) in [5.74, 6) is -0.326. The number of hydrogen-bond donors (Lipinski definition) is 2. The zero-order valence-corrected chi connectivity index (χ0v) is 9.90. The summed E-state index contributed by atoms with van der Waals surface area (Å²) in [4.78, 5) is 2.21. The van der Waals surface area contributed by atoms with Gasteiger partial charge in [-0.1, -0.05) is 0 Å². The van der Waals surface area contributed by atoms with E-state index in [9.17, 15) is 9.50 Å². The second-order valence-corrected chi connectivity index (χ2v) is 4.50. The Morgan fingerprint density at radius 1 is 1.29 bits per heavy atom. The minimum absolute atomic E-state index is 0.115. The van der Waals surface area contributed by atoms with Gasteiger partial charge in [0, 0.05) is 30.9 Å². The van der Waals surface area contributed by atoms with Crippen LogP contribution in [0.3, 0.4) is 0 Å². The van der Waals surface area contributed by atoms with Crippen LogP contribution in [0.1, 0.15) is 30.9 Å². The van der Waals surface area contributed by atoms with Gasteiger partial charge >= 0.3 is 0 Å². The largest absolute Gasteiger partial charge is 0.387 e. The maximum atomic E-state index is 13.2. The van der Waals surface area contributed by atoms with Crippen molar-refractivity contribution in [2.24, 2.45) is 5.73 Å². The van der Waals surface area contributed by atoms with Crippen LogP contribution in [0.15, 0.2) is 18.2 Å². The van der Waals surface area contributed by atoms with E-state index in [4.69, 9.17) is 5.73 Å². The lowest BCUT2D eigenvalue weighted by atomic mass is 10.0. The zero-order chi connectivity index (χ0) is 12.3. The summed E-state index contributed by atoms with van der Waals surface area (Å²) in [7, 11) is 0. The van der Waals surface area contributed by atoms with Crippen LogP contribution in [-0.4, -0.2) is 24.7 Å². The highest BCUT2D eigenvalue weighted by Gasteiger charge is 2.18. The maximum Gasteiger partial charge on any atom is 0.123 e. The molecule has 0 amide bonds. The molecule has 3 N–H and O–H groups in total. The number of nitrogens with zero attached hydrogens (tertiary/aromatic N) is 1. The van der Waals surface area contributed by atoms with Crippen molar-refractivity contribution >= 4 is 5.69 Å². The number of benzene rings is 1. The van der Waals surface area contributed by atoms with Gasteiger partial charge in [0.2, 0.25) is 0 Å². The van der Waals surface area contributed by atoms with Gasteiger partial charge in [-0.25, -0.2) is 4.39 Å². The average molecular weight is 238 g/mol. The summed E-state index contributed by atoms with van der Waals surface area (Å²) >= 11 is 0. The van der Waals surface area contributed by atoms with Crippen molar-refractivity contribution in [3.63, 3.8) is 0 Å². The molecular weight excluding hydrogens is 219 g/mol. The van der Waals surface area contributed by atoms with E-state index in [1.807, 2.05) is 0 Å². The fraction of sp³-hybridized carbons (Fsp3) is 0.538. The summed E-state index contributed by atoms with van der Waals surface area (Å²) in [6, 6.07) is 4.58. The molecule has 0 aromatic heterocycles. The van der Waals surface area contributed by atoms with Crippen LogP contribution in [0.25, 0.3) is 0 Å². The Balaban J connectivity index is 2.30. The van der Waals surface area contributed by atoms with Gasteiger partial charge in [0.25, 0.3) is 0 Å². The van der Waals surface area contributed by atoms with E-state index < -0.39 is 6.10 Å². The van der Waals surface area contributed by atoms with E-state index in [-0.39, 0.29) is 12.4 Å². The van der Waals surface area contributed by atoms with Crippen LogP contribution in [0.5, 0.6) is 0 Å². The monoisotopic (exact) mass is 238 g/mol.